The fourth-order valence-electron chi connectivity index (χ4n) is 4.17. The number of piperazine rings is 1. The van der Waals surface area contributed by atoms with Gasteiger partial charge in [-0.05, 0) is 60.4 Å². The molecule has 6 nitrogen and oxygen atoms in total. The van der Waals surface area contributed by atoms with Crippen molar-refractivity contribution in [3.8, 4) is 10.7 Å². The average molecular weight is 409 g/mol. The van der Waals surface area contributed by atoms with Crippen LogP contribution in [0, 0.1) is 0 Å². The Morgan fingerprint density at radius 1 is 1.07 bits per heavy atom. The van der Waals surface area contributed by atoms with Gasteiger partial charge in [0.25, 0.3) is 5.91 Å². The van der Waals surface area contributed by atoms with Crippen molar-refractivity contribution in [3.63, 3.8) is 0 Å². The molecule has 3 heterocycles. The first kappa shape index (κ1) is 18.5. The molecule has 0 radical (unpaired) electrons. The fourth-order valence-corrected chi connectivity index (χ4v) is 4.82. The SMILES string of the molecule is O=C(c1ccc2c(c1)CCCC2)N1CCN(Cc2nc(-c3cccs3)no2)CC1. The zero-order chi connectivity index (χ0) is 19.6. The molecule has 150 valence electrons. The normalized spacial score (nSPS) is 17.3. The van der Waals surface area contributed by atoms with Crippen LogP contribution in [-0.2, 0) is 19.4 Å². The fraction of sp³-hybridized carbons (Fsp3) is 0.409. The van der Waals surface area contributed by atoms with E-state index in [0.29, 0.717) is 18.3 Å². The van der Waals surface area contributed by atoms with Crippen LogP contribution in [0.4, 0.5) is 0 Å². The number of aromatic nitrogens is 2. The lowest BCUT2D eigenvalue weighted by Gasteiger charge is -2.34. The molecule has 7 heteroatoms. The standard InChI is InChI=1S/C22H24N4O2S/c27-22(18-8-7-16-4-1-2-5-17(16)14-18)26-11-9-25(10-12-26)15-20-23-21(24-28-20)19-6-3-13-29-19/h3,6-8,13-14H,1-2,4-5,9-12,15H2. The third-order valence-electron chi connectivity index (χ3n) is 5.82. The predicted octanol–water partition coefficient (Wildman–Crippen LogP) is 3.63. The minimum atomic E-state index is 0.149. The minimum absolute atomic E-state index is 0.149. The lowest BCUT2D eigenvalue weighted by atomic mass is 9.90. The zero-order valence-electron chi connectivity index (χ0n) is 16.3. The van der Waals surface area contributed by atoms with Crippen molar-refractivity contribution in [2.75, 3.05) is 26.2 Å². The smallest absolute Gasteiger partial charge is 0.253 e. The Hall–Kier alpha value is -2.51. The van der Waals surface area contributed by atoms with Gasteiger partial charge in [0.05, 0.1) is 11.4 Å². The van der Waals surface area contributed by atoms with E-state index in [1.807, 2.05) is 28.5 Å². The molecule has 2 aliphatic rings. The molecule has 0 bridgehead atoms. The van der Waals surface area contributed by atoms with Crippen molar-refractivity contribution in [1.82, 2.24) is 19.9 Å². The molecule has 3 aromatic rings. The largest absolute Gasteiger partial charge is 0.338 e. The number of nitrogens with zero attached hydrogens (tertiary/aromatic N) is 4. The summed E-state index contributed by atoms with van der Waals surface area (Å²) in [5, 5.41) is 6.08. The van der Waals surface area contributed by atoms with Crippen molar-refractivity contribution >= 4 is 17.2 Å². The number of carbonyl (C=O) groups is 1. The first-order chi connectivity index (χ1) is 14.3. The number of hydrogen-bond acceptors (Lipinski definition) is 6. The van der Waals surface area contributed by atoms with E-state index in [2.05, 4.69) is 27.2 Å². The van der Waals surface area contributed by atoms with Gasteiger partial charge in [-0.3, -0.25) is 9.69 Å². The molecular formula is C22H24N4O2S. The van der Waals surface area contributed by atoms with Gasteiger partial charge in [-0.2, -0.15) is 4.98 Å². The summed E-state index contributed by atoms with van der Waals surface area (Å²) in [6.45, 7) is 3.70. The molecule has 1 aliphatic heterocycles. The maximum Gasteiger partial charge on any atom is 0.253 e. The second kappa shape index (κ2) is 8.08. The Kier molecular flexibility index (Phi) is 5.16. The van der Waals surface area contributed by atoms with Crippen molar-refractivity contribution in [2.24, 2.45) is 0 Å². The summed E-state index contributed by atoms with van der Waals surface area (Å²) >= 11 is 1.60. The van der Waals surface area contributed by atoms with Crippen molar-refractivity contribution < 1.29 is 9.32 Å². The molecule has 0 saturated carbocycles. The van der Waals surface area contributed by atoms with E-state index in [1.54, 1.807) is 11.3 Å². The summed E-state index contributed by atoms with van der Waals surface area (Å²) in [5.41, 5.74) is 3.61. The van der Waals surface area contributed by atoms with Crippen LogP contribution in [0.15, 0.2) is 40.2 Å². The molecule has 29 heavy (non-hydrogen) atoms. The Morgan fingerprint density at radius 3 is 2.69 bits per heavy atom. The van der Waals surface area contributed by atoms with Crippen LogP contribution in [0.5, 0.6) is 0 Å². The van der Waals surface area contributed by atoms with E-state index in [0.717, 1.165) is 49.5 Å². The van der Waals surface area contributed by atoms with Gasteiger partial charge >= 0.3 is 0 Å². The van der Waals surface area contributed by atoms with Gasteiger partial charge in [0.15, 0.2) is 0 Å². The molecule has 0 N–H and O–H groups in total. The van der Waals surface area contributed by atoms with Crippen LogP contribution in [0.1, 0.15) is 40.2 Å². The zero-order valence-corrected chi connectivity index (χ0v) is 17.2. The summed E-state index contributed by atoms with van der Waals surface area (Å²) in [4.78, 5) is 22.7. The number of amides is 1. The van der Waals surface area contributed by atoms with E-state index >= 15 is 0 Å². The predicted molar refractivity (Wildman–Crippen MR) is 112 cm³/mol. The van der Waals surface area contributed by atoms with Crippen LogP contribution >= 0.6 is 11.3 Å². The van der Waals surface area contributed by atoms with Crippen LogP contribution in [0.25, 0.3) is 10.7 Å². The van der Waals surface area contributed by atoms with Gasteiger partial charge in [-0.15, -0.1) is 11.3 Å². The topological polar surface area (TPSA) is 62.5 Å². The monoisotopic (exact) mass is 408 g/mol. The van der Waals surface area contributed by atoms with Crippen LogP contribution in [0.3, 0.4) is 0 Å². The molecule has 1 amide bonds. The summed E-state index contributed by atoms with van der Waals surface area (Å²) in [5.74, 6) is 1.43. The second-order valence-electron chi connectivity index (χ2n) is 7.75. The van der Waals surface area contributed by atoms with E-state index in [-0.39, 0.29) is 5.91 Å². The highest BCUT2D eigenvalue weighted by atomic mass is 32.1. The van der Waals surface area contributed by atoms with Gasteiger partial charge in [-0.25, -0.2) is 0 Å². The number of aryl methyl sites for hydroxylation is 2. The van der Waals surface area contributed by atoms with Crippen LogP contribution in [-0.4, -0.2) is 52.0 Å². The highest BCUT2D eigenvalue weighted by Gasteiger charge is 2.24. The van der Waals surface area contributed by atoms with Crippen LogP contribution < -0.4 is 0 Å². The van der Waals surface area contributed by atoms with E-state index in [9.17, 15) is 4.79 Å². The molecule has 5 rings (SSSR count). The highest BCUT2D eigenvalue weighted by Crippen LogP contribution is 2.24. The summed E-state index contributed by atoms with van der Waals surface area (Å²) in [6.07, 6.45) is 4.73. The third-order valence-corrected chi connectivity index (χ3v) is 6.69. The minimum Gasteiger partial charge on any atom is -0.338 e. The van der Waals surface area contributed by atoms with Gasteiger partial charge < -0.3 is 9.42 Å². The number of hydrogen-bond donors (Lipinski definition) is 0. The average Bonchev–Trinajstić information content (AvgIpc) is 3.45. The van der Waals surface area contributed by atoms with Crippen molar-refractivity contribution in [2.45, 2.75) is 32.2 Å². The van der Waals surface area contributed by atoms with E-state index in [4.69, 9.17) is 4.52 Å². The Balaban J connectivity index is 1.18. The maximum atomic E-state index is 13.0. The molecule has 1 aromatic carbocycles. The summed E-state index contributed by atoms with van der Waals surface area (Å²) < 4.78 is 5.41. The van der Waals surface area contributed by atoms with E-state index in [1.165, 1.54) is 24.0 Å². The van der Waals surface area contributed by atoms with Gasteiger partial charge in [-0.1, -0.05) is 17.3 Å². The number of fused-ring (bicyclic) bond motifs is 1. The Morgan fingerprint density at radius 2 is 1.90 bits per heavy atom. The Bertz CT molecular complexity index is 990. The van der Waals surface area contributed by atoms with E-state index < -0.39 is 0 Å². The molecule has 1 aliphatic carbocycles. The maximum absolute atomic E-state index is 13.0. The first-order valence-electron chi connectivity index (χ1n) is 10.3. The van der Waals surface area contributed by atoms with Gasteiger partial charge in [0, 0.05) is 31.7 Å². The quantitative estimate of drug-likeness (QED) is 0.660. The molecule has 0 spiro atoms. The molecule has 1 saturated heterocycles. The molecule has 0 unspecified atom stereocenters. The van der Waals surface area contributed by atoms with Gasteiger partial charge in [0.1, 0.15) is 0 Å². The lowest BCUT2D eigenvalue weighted by molar-refractivity contribution is 0.0615. The molecular weight excluding hydrogens is 384 g/mol. The van der Waals surface area contributed by atoms with Crippen molar-refractivity contribution in [3.05, 3.63) is 58.3 Å². The molecule has 1 fully saturated rings. The van der Waals surface area contributed by atoms with Crippen LogP contribution in [0.2, 0.25) is 0 Å². The summed E-state index contributed by atoms with van der Waals surface area (Å²) in [6, 6.07) is 10.2. The number of rotatable bonds is 4. The number of benzene rings is 1. The lowest BCUT2D eigenvalue weighted by Crippen LogP contribution is -2.48. The van der Waals surface area contributed by atoms with Gasteiger partial charge in [0.2, 0.25) is 11.7 Å². The van der Waals surface area contributed by atoms with Crippen molar-refractivity contribution in [1.29, 1.82) is 0 Å². The molecule has 2 aromatic heterocycles. The summed E-state index contributed by atoms with van der Waals surface area (Å²) in [7, 11) is 0. The molecule has 0 atom stereocenters. The second-order valence-corrected chi connectivity index (χ2v) is 8.70. The first-order valence-corrected chi connectivity index (χ1v) is 11.1. The number of carbonyl (C=O) groups excluding carboxylic acids is 1. The third kappa shape index (κ3) is 3.97. The Labute approximate surface area is 174 Å². The number of thiophene rings is 1. The highest BCUT2D eigenvalue weighted by molar-refractivity contribution is 7.13.